The van der Waals surface area contributed by atoms with Gasteiger partial charge in [-0.2, -0.15) is 0 Å². The normalized spacial score (nSPS) is 26.2. The first-order chi connectivity index (χ1) is 9.79. The van der Waals surface area contributed by atoms with Gasteiger partial charge in [0.25, 0.3) is 0 Å². The number of hydrogen-bond acceptors (Lipinski definition) is 4. The lowest BCUT2D eigenvalue weighted by molar-refractivity contribution is -0.0233. The fourth-order valence-electron chi connectivity index (χ4n) is 3.17. The number of likely N-dealkylation sites (tertiary alicyclic amines) is 1. The minimum atomic E-state index is -0.441. The Bertz CT molecular complexity index is 540. The molecule has 5 heteroatoms. The molecule has 0 radical (unpaired) electrons. The molecular weight excluding hydrogens is 268 g/mol. The molecule has 1 aromatic rings. The quantitative estimate of drug-likeness (QED) is 0.864. The van der Waals surface area contributed by atoms with Crippen molar-refractivity contribution in [2.75, 3.05) is 19.6 Å². The molecule has 116 valence electrons. The van der Waals surface area contributed by atoms with E-state index < -0.39 is 5.60 Å². The molecule has 1 saturated heterocycles. The summed E-state index contributed by atoms with van der Waals surface area (Å²) in [5, 5.41) is 3.57. The number of rotatable bonds is 1. The van der Waals surface area contributed by atoms with Gasteiger partial charge in [-0.15, -0.1) is 0 Å². The number of amides is 1. The van der Waals surface area contributed by atoms with Crippen LogP contribution in [-0.2, 0) is 16.7 Å². The minimum absolute atomic E-state index is 0.185. The highest BCUT2D eigenvalue weighted by atomic mass is 16.6. The lowest BCUT2D eigenvalue weighted by atomic mass is 9.75. The van der Waals surface area contributed by atoms with Gasteiger partial charge in [0, 0.05) is 25.6 Å². The van der Waals surface area contributed by atoms with Crippen LogP contribution in [0.3, 0.4) is 0 Å². The molecule has 1 aromatic heterocycles. The third kappa shape index (κ3) is 2.55. The summed E-state index contributed by atoms with van der Waals surface area (Å²) >= 11 is 0. The number of fused-ring (bicyclic) bond motifs is 1. The van der Waals surface area contributed by atoms with Crippen molar-refractivity contribution in [2.24, 2.45) is 5.92 Å². The second-order valence-electron chi connectivity index (χ2n) is 7.24. The zero-order chi connectivity index (χ0) is 15.3. The first-order valence-electron chi connectivity index (χ1n) is 7.59. The lowest BCUT2D eigenvalue weighted by Gasteiger charge is -2.49. The number of hydrogen-bond donors (Lipinski definition) is 1. The summed E-state index contributed by atoms with van der Waals surface area (Å²) in [6.07, 6.45) is 2.54. The molecule has 1 N–H and O–H groups in total. The van der Waals surface area contributed by atoms with Crippen LogP contribution in [0.1, 0.15) is 39.0 Å². The molecule has 1 atom stereocenters. The van der Waals surface area contributed by atoms with Crippen LogP contribution < -0.4 is 5.32 Å². The summed E-state index contributed by atoms with van der Waals surface area (Å²) in [6.45, 7) is 10.2. The van der Waals surface area contributed by atoms with Crippen LogP contribution in [0.25, 0.3) is 0 Å². The van der Waals surface area contributed by atoms with Crippen molar-refractivity contribution in [1.29, 1.82) is 0 Å². The number of ether oxygens (including phenoxy) is 1. The molecule has 2 aliphatic heterocycles. The summed E-state index contributed by atoms with van der Waals surface area (Å²) in [5.74, 6) is 1.39. The molecule has 1 unspecified atom stereocenters. The van der Waals surface area contributed by atoms with Gasteiger partial charge in [0.1, 0.15) is 11.4 Å². The van der Waals surface area contributed by atoms with E-state index in [-0.39, 0.29) is 11.6 Å². The van der Waals surface area contributed by atoms with E-state index >= 15 is 0 Å². The summed E-state index contributed by atoms with van der Waals surface area (Å²) in [6, 6.07) is 2.05. The second-order valence-corrected chi connectivity index (χ2v) is 7.24. The van der Waals surface area contributed by atoms with Gasteiger partial charge in [-0.25, -0.2) is 4.79 Å². The zero-order valence-electron chi connectivity index (χ0n) is 13.2. The van der Waals surface area contributed by atoms with Crippen molar-refractivity contribution in [2.45, 2.75) is 45.3 Å². The monoisotopic (exact) mass is 292 g/mol. The third-order valence-electron chi connectivity index (χ3n) is 4.45. The van der Waals surface area contributed by atoms with Gasteiger partial charge < -0.3 is 19.4 Å². The molecule has 1 fully saturated rings. The van der Waals surface area contributed by atoms with E-state index in [2.05, 4.69) is 18.3 Å². The molecule has 0 bridgehead atoms. The van der Waals surface area contributed by atoms with Crippen molar-refractivity contribution >= 4 is 6.09 Å². The van der Waals surface area contributed by atoms with E-state index in [9.17, 15) is 4.79 Å². The van der Waals surface area contributed by atoms with Gasteiger partial charge in [-0.3, -0.25) is 0 Å². The number of nitrogens with zero attached hydrogens (tertiary/aromatic N) is 1. The van der Waals surface area contributed by atoms with Crippen LogP contribution >= 0.6 is 0 Å². The summed E-state index contributed by atoms with van der Waals surface area (Å²) in [7, 11) is 0. The predicted molar refractivity (Wildman–Crippen MR) is 79.1 cm³/mol. The standard InChI is InChI=1S/C16H24N2O3/c1-15(2,3)21-14(19)18-9-12(10-18)16(4)13-11(5-7-17-16)6-8-20-13/h6,8,12,17H,5,7,9-10H2,1-4H3. The van der Waals surface area contributed by atoms with E-state index in [1.54, 1.807) is 11.2 Å². The first-order valence-corrected chi connectivity index (χ1v) is 7.59. The molecule has 1 amide bonds. The molecule has 3 rings (SSSR count). The van der Waals surface area contributed by atoms with Gasteiger partial charge in [0.15, 0.2) is 0 Å². The van der Waals surface area contributed by atoms with Gasteiger partial charge in [0.2, 0.25) is 0 Å². The van der Waals surface area contributed by atoms with Crippen LogP contribution in [0.15, 0.2) is 16.7 Å². The Morgan fingerprint density at radius 2 is 2.19 bits per heavy atom. The Hall–Kier alpha value is -1.49. The molecular formula is C16H24N2O3. The number of furan rings is 1. The Balaban J connectivity index is 1.66. The van der Waals surface area contributed by atoms with Crippen molar-refractivity contribution in [1.82, 2.24) is 10.2 Å². The Morgan fingerprint density at radius 3 is 2.86 bits per heavy atom. The largest absolute Gasteiger partial charge is 0.467 e. The highest BCUT2D eigenvalue weighted by Crippen LogP contribution is 2.40. The maximum Gasteiger partial charge on any atom is 0.410 e. The Kier molecular flexibility index (Phi) is 3.28. The zero-order valence-corrected chi connectivity index (χ0v) is 13.2. The van der Waals surface area contributed by atoms with Gasteiger partial charge in [-0.05, 0) is 45.7 Å². The van der Waals surface area contributed by atoms with Crippen molar-refractivity contribution < 1.29 is 13.9 Å². The second kappa shape index (κ2) is 4.77. The highest BCUT2D eigenvalue weighted by molar-refractivity contribution is 5.69. The highest BCUT2D eigenvalue weighted by Gasteiger charge is 2.49. The predicted octanol–water partition coefficient (Wildman–Crippen LogP) is 2.51. The van der Waals surface area contributed by atoms with E-state index in [0.29, 0.717) is 19.0 Å². The molecule has 3 heterocycles. The van der Waals surface area contributed by atoms with Crippen LogP contribution in [0, 0.1) is 5.92 Å². The number of carbonyl (C=O) groups excluding carboxylic acids is 1. The van der Waals surface area contributed by atoms with Gasteiger partial charge >= 0.3 is 6.09 Å². The maximum absolute atomic E-state index is 12.0. The Morgan fingerprint density at radius 1 is 1.48 bits per heavy atom. The van der Waals surface area contributed by atoms with Gasteiger partial charge in [-0.1, -0.05) is 0 Å². The molecule has 0 saturated carbocycles. The molecule has 2 aliphatic rings. The molecule has 0 aliphatic carbocycles. The van der Waals surface area contributed by atoms with Crippen LogP contribution in [0.2, 0.25) is 0 Å². The van der Waals surface area contributed by atoms with Crippen molar-refractivity contribution in [3.05, 3.63) is 23.7 Å². The van der Waals surface area contributed by atoms with Crippen LogP contribution in [0.4, 0.5) is 4.79 Å². The summed E-state index contributed by atoms with van der Waals surface area (Å²) in [5.41, 5.74) is 0.658. The van der Waals surface area contributed by atoms with Crippen molar-refractivity contribution in [3.8, 4) is 0 Å². The molecule has 5 nitrogen and oxygen atoms in total. The fraction of sp³-hybridized carbons (Fsp3) is 0.688. The van der Waals surface area contributed by atoms with E-state index in [1.807, 2.05) is 20.8 Å². The van der Waals surface area contributed by atoms with Gasteiger partial charge in [0.05, 0.1) is 11.8 Å². The minimum Gasteiger partial charge on any atom is -0.467 e. The summed E-state index contributed by atoms with van der Waals surface area (Å²) < 4.78 is 11.1. The van der Waals surface area contributed by atoms with E-state index in [4.69, 9.17) is 9.15 Å². The molecule has 21 heavy (non-hydrogen) atoms. The third-order valence-corrected chi connectivity index (χ3v) is 4.45. The topological polar surface area (TPSA) is 54.7 Å². The van der Waals surface area contributed by atoms with Crippen molar-refractivity contribution in [3.63, 3.8) is 0 Å². The average Bonchev–Trinajstić information content (AvgIpc) is 2.73. The number of nitrogens with one attached hydrogen (secondary N) is 1. The maximum atomic E-state index is 12.0. The van der Waals surface area contributed by atoms with E-state index in [1.165, 1.54) is 5.56 Å². The lowest BCUT2D eigenvalue weighted by Crippen LogP contribution is -2.63. The molecule has 0 aromatic carbocycles. The van der Waals surface area contributed by atoms with E-state index in [0.717, 1.165) is 18.7 Å². The number of carbonyl (C=O) groups is 1. The van der Waals surface area contributed by atoms with Crippen LogP contribution in [0.5, 0.6) is 0 Å². The van der Waals surface area contributed by atoms with Crippen LogP contribution in [-0.4, -0.2) is 36.2 Å². The first kappa shape index (κ1) is 14.4. The Labute approximate surface area is 125 Å². The smallest absolute Gasteiger partial charge is 0.410 e. The SMILES string of the molecule is CC(C)(C)OC(=O)N1CC(C2(C)NCCc3ccoc32)C1. The fourth-order valence-corrected chi connectivity index (χ4v) is 3.17. The molecule has 0 spiro atoms. The average molecular weight is 292 g/mol. The summed E-state index contributed by atoms with van der Waals surface area (Å²) in [4.78, 5) is 13.8.